The second-order valence-electron chi connectivity index (χ2n) is 5.32. The van der Waals surface area contributed by atoms with Gasteiger partial charge in [0.2, 0.25) is 0 Å². The maximum Gasteiger partial charge on any atom is 0.255 e. The van der Waals surface area contributed by atoms with Crippen LogP contribution in [-0.2, 0) is 6.54 Å². The van der Waals surface area contributed by atoms with Crippen LogP contribution >= 0.6 is 0 Å². The number of methoxy groups -OCH3 is 1. The van der Waals surface area contributed by atoms with Crippen molar-refractivity contribution in [2.45, 2.75) is 6.54 Å². The molecule has 2 aromatic heterocycles. The Balaban J connectivity index is 1.57. The van der Waals surface area contributed by atoms with Gasteiger partial charge in [0, 0.05) is 24.5 Å². The van der Waals surface area contributed by atoms with Crippen molar-refractivity contribution >= 4 is 17.4 Å². The van der Waals surface area contributed by atoms with Crippen LogP contribution in [0, 0.1) is 0 Å². The van der Waals surface area contributed by atoms with E-state index in [0.717, 1.165) is 11.4 Å². The average Bonchev–Trinajstić information content (AvgIpc) is 2.68. The van der Waals surface area contributed by atoms with Gasteiger partial charge in [-0.1, -0.05) is 0 Å². The molecule has 0 fully saturated rings. The smallest absolute Gasteiger partial charge is 0.255 e. The molecule has 0 aliphatic carbocycles. The summed E-state index contributed by atoms with van der Waals surface area (Å²) in [4.78, 5) is 20.5. The molecular formula is C19H18N4O2. The Hall–Kier alpha value is -3.41. The highest BCUT2D eigenvalue weighted by Crippen LogP contribution is 2.15. The Morgan fingerprint density at radius 1 is 1.04 bits per heavy atom. The van der Waals surface area contributed by atoms with Crippen molar-refractivity contribution in [3.8, 4) is 5.75 Å². The topological polar surface area (TPSA) is 76.1 Å². The number of rotatable bonds is 6. The summed E-state index contributed by atoms with van der Waals surface area (Å²) in [5.41, 5.74) is 2.31. The van der Waals surface area contributed by atoms with Crippen molar-refractivity contribution in [2.24, 2.45) is 0 Å². The molecule has 0 bridgehead atoms. The number of ether oxygens (including phenoxy) is 1. The third-order valence-electron chi connectivity index (χ3n) is 3.60. The molecule has 2 N–H and O–H groups in total. The lowest BCUT2D eigenvalue weighted by atomic mass is 10.2. The molecule has 0 aliphatic rings. The zero-order valence-electron chi connectivity index (χ0n) is 13.8. The van der Waals surface area contributed by atoms with Gasteiger partial charge in [-0.25, -0.2) is 4.98 Å². The van der Waals surface area contributed by atoms with Gasteiger partial charge in [-0.15, -0.1) is 0 Å². The Kier molecular flexibility index (Phi) is 5.21. The predicted octanol–water partition coefficient (Wildman–Crippen LogP) is 3.35. The van der Waals surface area contributed by atoms with Crippen LogP contribution in [0.25, 0.3) is 0 Å². The van der Waals surface area contributed by atoms with E-state index in [9.17, 15) is 4.79 Å². The Morgan fingerprint density at radius 2 is 1.80 bits per heavy atom. The number of carbonyl (C=O) groups excluding carboxylic acids is 1. The van der Waals surface area contributed by atoms with Gasteiger partial charge in [-0.3, -0.25) is 9.78 Å². The van der Waals surface area contributed by atoms with Gasteiger partial charge in [0.1, 0.15) is 11.6 Å². The van der Waals surface area contributed by atoms with Crippen LogP contribution in [0.5, 0.6) is 5.75 Å². The minimum absolute atomic E-state index is 0.193. The minimum atomic E-state index is -0.193. The maximum absolute atomic E-state index is 12.2. The van der Waals surface area contributed by atoms with E-state index in [2.05, 4.69) is 20.6 Å². The maximum atomic E-state index is 12.2. The van der Waals surface area contributed by atoms with Crippen LogP contribution in [0.3, 0.4) is 0 Å². The van der Waals surface area contributed by atoms with Crippen molar-refractivity contribution in [3.63, 3.8) is 0 Å². The Labute approximate surface area is 145 Å². The number of carbonyl (C=O) groups is 1. The van der Waals surface area contributed by atoms with Crippen molar-refractivity contribution in [3.05, 3.63) is 78.2 Å². The number of nitrogens with zero attached hydrogens (tertiary/aromatic N) is 2. The van der Waals surface area contributed by atoms with Crippen LogP contribution < -0.4 is 15.4 Å². The SMILES string of the molecule is COc1ccc(C(=O)Nc2ccc(NCc3ccncc3)nc2)cc1. The van der Waals surface area contributed by atoms with Gasteiger partial charge in [0.15, 0.2) is 0 Å². The quantitative estimate of drug-likeness (QED) is 0.723. The lowest BCUT2D eigenvalue weighted by molar-refractivity contribution is 0.102. The van der Waals surface area contributed by atoms with E-state index in [-0.39, 0.29) is 5.91 Å². The summed E-state index contributed by atoms with van der Waals surface area (Å²) in [5.74, 6) is 1.25. The number of hydrogen-bond donors (Lipinski definition) is 2. The van der Waals surface area contributed by atoms with Gasteiger partial charge in [-0.2, -0.15) is 0 Å². The third kappa shape index (κ3) is 4.54. The molecule has 6 nitrogen and oxygen atoms in total. The van der Waals surface area contributed by atoms with Crippen molar-refractivity contribution in [1.82, 2.24) is 9.97 Å². The molecule has 0 radical (unpaired) electrons. The molecule has 0 spiro atoms. The van der Waals surface area contributed by atoms with E-state index in [1.165, 1.54) is 0 Å². The molecular weight excluding hydrogens is 316 g/mol. The van der Waals surface area contributed by atoms with E-state index in [1.807, 2.05) is 24.3 Å². The molecule has 6 heteroatoms. The number of hydrogen-bond acceptors (Lipinski definition) is 5. The van der Waals surface area contributed by atoms with Crippen LogP contribution in [-0.4, -0.2) is 23.0 Å². The molecule has 0 aliphatic heterocycles. The fraction of sp³-hybridized carbons (Fsp3) is 0.105. The Bertz CT molecular complexity index is 818. The van der Waals surface area contributed by atoms with Gasteiger partial charge < -0.3 is 15.4 Å². The zero-order valence-corrected chi connectivity index (χ0v) is 13.8. The van der Waals surface area contributed by atoms with Crippen LogP contribution in [0.15, 0.2) is 67.1 Å². The largest absolute Gasteiger partial charge is 0.497 e. The summed E-state index contributed by atoms with van der Waals surface area (Å²) in [6.07, 6.45) is 5.13. The number of pyridine rings is 2. The molecule has 1 amide bonds. The summed E-state index contributed by atoms with van der Waals surface area (Å²) in [6, 6.07) is 14.4. The van der Waals surface area contributed by atoms with Crippen molar-refractivity contribution in [1.29, 1.82) is 0 Å². The van der Waals surface area contributed by atoms with E-state index in [1.54, 1.807) is 50.0 Å². The standard InChI is InChI=1S/C19H18N4O2/c1-25-17-5-2-15(3-6-17)19(24)23-16-4-7-18(22-13-16)21-12-14-8-10-20-11-9-14/h2-11,13H,12H2,1H3,(H,21,22)(H,23,24). The first-order chi connectivity index (χ1) is 12.2. The first-order valence-electron chi connectivity index (χ1n) is 7.79. The summed E-state index contributed by atoms with van der Waals surface area (Å²) >= 11 is 0. The van der Waals surface area contributed by atoms with Gasteiger partial charge in [-0.05, 0) is 54.1 Å². The van der Waals surface area contributed by atoms with Gasteiger partial charge in [0.05, 0.1) is 19.0 Å². The first-order valence-corrected chi connectivity index (χ1v) is 7.79. The number of nitrogens with one attached hydrogen (secondary N) is 2. The molecule has 0 saturated carbocycles. The number of aromatic nitrogens is 2. The van der Waals surface area contributed by atoms with Gasteiger partial charge in [0.25, 0.3) is 5.91 Å². The number of benzene rings is 1. The second kappa shape index (κ2) is 7.92. The molecule has 25 heavy (non-hydrogen) atoms. The lowest BCUT2D eigenvalue weighted by Gasteiger charge is -2.08. The second-order valence-corrected chi connectivity index (χ2v) is 5.32. The zero-order chi connectivity index (χ0) is 17.5. The van der Waals surface area contributed by atoms with Crippen LogP contribution in [0.4, 0.5) is 11.5 Å². The fourth-order valence-corrected chi connectivity index (χ4v) is 2.21. The summed E-state index contributed by atoms with van der Waals surface area (Å²) in [5, 5.41) is 6.04. The molecule has 0 unspecified atom stereocenters. The van der Waals surface area contributed by atoms with Crippen LogP contribution in [0.1, 0.15) is 15.9 Å². The summed E-state index contributed by atoms with van der Waals surface area (Å²) in [6.45, 7) is 0.660. The van der Waals surface area contributed by atoms with Crippen molar-refractivity contribution in [2.75, 3.05) is 17.7 Å². The monoisotopic (exact) mass is 334 g/mol. The molecule has 0 atom stereocenters. The minimum Gasteiger partial charge on any atom is -0.497 e. The number of anilines is 2. The molecule has 3 aromatic rings. The highest BCUT2D eigenvalue weighted by atomic mass is 16.5. The molecule has 126 valence electrons. The third-order valence-corrected chi connectivity index (χ3v) is 3.60. The van der Waals surface area contributed by atoms with E-state index >= 15 is 0 Å². The van der Waals surface area contributed by atoms with E-state index in [0.29, 0.717) is 23.5 Å². The first kappa shape index (κ1) is 16.4. The Morgan fingerprint density at radius 3 is 2.44 bits per heavy atom. The molecule has 0 saturated heterocycles. The van der Waals surface area contributed by atoms with Crippen molar-refractivity contribution < 1.29 is 9.53 Å². The predicted molar refractivity (Wildman–Crippen MR) is 96.7 cm³/mol. The molecule has 1 aromatic carbocycles. The highest BCUT2D eigenvalue weighted by Gasteiger charge is 2.06. The molecule has 3 rings (SSSR count). The summed E-state index contributed by atoms with van der Waals surface area (Å²) in [7, 11) is 1.59. The van der Waals surface area contributed by atoms with Gasteiger partial charge >= 0.3 is 0 Å². The molecule has 2 heterocycles. The normalized spacial score (nSPS) is 10.1. The fourth-order valence-electron chi connectivity index (χ4n) is 2.21. The highest BCUT2D eigenvalue weighted by molar-refractivity contribution is 6.04. The summed E-state index contributed by atoms with van der Waals surface area (Å²) < 4.78 is 5.08. The van der Waals surface area contributed by atoms with E-state index < -0.39 is 0 Å². The van der Waals surface area contributed by atoms with E-state index in [4.69, 9.17) is 4.74 Å². The lowest BCUT2D eigenvalue weighted by Crippen LogP contribution is -2.12. The van der Waals surface area contributed by atoms with Crippen LogP contribution in [0.2, 0.25) is 0 Å². The average molecular weight is 334 g/mol. The number of amides is 1.